The third kappa shape index (κ3) is 17.6. The molecule has 2 N–H and O–H groups in total. The van der Waals surface area contributed by atoms with Crippen molar-refractivity contribution in [3.05, 3.63) is 0 Å². The Bertz CT molecular complexity index is 105. The molecule has 0 radical (unpaired) electrons. The van der Waals surface area contributed by atoms with Crippen molar-refractivity contribution >= 4 is 12.3 Å². The molecule has 4 heteroatoms. The van der Waals surface area contributed by atoms with E-state index in [2.05, 4.69) is 10.6 Å². The molecule has 0 bridgehead atoms. The minimum absolute atomic E-state index is 0.0808. The lowest BCUT2D eigenvalue weighted by atomic mass is 10.6. The molecule has 0 rings (SSSR count). The standard InChI is InChI=1S/C5H10N2O2.C2H6/c1-5(9)7-3-2-6-4-8;1-2/h4H,2-3H2,1H3,(H,6,8)(H,7,9);1-2H3. The van der Waals surface area contributed by atoms with E-state index < -0.39 is 0 Å². The van der Waals surface area contributed by atoms with E-state index >= 15 is 0 Å². The first-order valence-electron chi connectivity index (χ1n) is 3.69. The normalized spacial score (nSPS) is 7.18. The molecule has 0 saturated carbocycles. The van der Waals surface area contributed by atoms with Crippen molar-refractivity contribution in [3.63, 3.8) is 0 Å². The lowest BCUT2D eigenvalue weighted by molar-refractivity contribution is -0.119. The van der Waals surface area contributed by atoms with E-state index in [9.17, 15) is 9.59 Å². The van der Waals surface area contributed by atoms with Gasteiger partial charge in [0.25, 0.3) is 0 Å². The molecule has 0 aliphatic rings. The van der Waals surface area contributed by atoms with Gasteiger partial charge in [-0.1, -0.05) is 13.8 Å². The molecular formula is C7H16N2O2. The fourth-order valence-corrected chi connectivity index (χ4v) is 0.370. The minimum atomic E-state index is -0.0808. The molecule has 0 saturated heterocycles. The SMILES string of the molecule is CC.CC(=O)NCCNC=O. The molecule has 2 amide bonds. The third-order valence-corrected chi connectivity index (χ3v) is 0.727. The molecule has 0 unspecified atom stereocenters. The monoisotopic (exact) mass is 160 g/mol. The molecule has 0 spiro atoms. The molecule has 11 heavy (non-hydrogen) atoms. The van der Waals surface area contributed by atoms with Gasteiger partial charge in [0.15, 0.2) is 0 Å². The summed E-state index contributed by atoms with van der Waals surface area (Å²) in [4.78, 5) is 19.8. The van der Waals surface area contributed by atoms with Crippen molar-refractivity contribution in [2.45, 2.75) is 20.8 Å². The van der Waals surface area contributed by atoms with Gasteiger partial charge < -0.3 is 10.6 Å². The van der Waals surface area contributed by atoms with Crippen molar-refractivity contribution in [1.29, 1.82) is 0 Å². The van der Waals surface area contributed by atoms with Gasteiger partial charge >= 0.3 is 0 Å². The number of carbonyl (C=O) groups excluding carboxylic acids is 2. The van der Waals surface area contributed by atoms with E-state index in [1.54, 1.807) is 0 Å². The highest BCUT2D eigenvalue weighted by atomic mass is 16.1. The van der Waals surface area contributed by atoms with Gasteiger partial charge in [-0.15, -0.1) is 0 Å². The predicted octanol–water partition coefficient (Wildman–Crippen LogP) is -0.105. The van der Waals surface area contributed by atoms with E-state index in [4.69, 9.17) is 0 Å². The first-order valence-corrected chi connectivity index (χ1v) is 3.69. The predicted molar refractivity (Wildman–Crippen MR) is 44.1 cm³/mol. The molecule has 0 aliphatic carbocycles. The molecule has 0 fully saturated rings. The van der Waals surface area contributed by atoms with Crippen LogP contribution in [0.15, 0.2) is 0 Å². The smallest absolute Gasteiger partial charge is 0.216 e. The maximum Gasteiger partial charge on any atom is 0.216 e. The highest BCUT2D eigenvalue weighted by Gasteiger charge is 1.86. The van der Waals surface area contributed by atoms with Crippen molar-refractivity contribution in [1.82, 2.24) is 10.6 Å². The Balaban J connectivity index is 0. The Hall–Kier alpha value is -1.06. The molecule has 66 valence electrons. The zero-order chi connectivity index (χ0) is 9.11. The molecule has 0 aromatic carbocycles. The summed E-state index contributed by atoms with van der Waals surface area (Å²) in [6, 6.07) is 0. The van der Waals surface area contributed by atoms with Gasteiger partial charge in [0, 0.05) is 20.0 Å². The van der Waals surface area contributed by atoms with Crippen LogP contribution in [-0.4, -0.2) is 25.4 Å². The van der Waals surface area contributed by atoms with Gasteiger partial charge in [0.1, 0.15) is 0 Å². The fraction of sp³-hybridized carbons (Fsp3) is 0.714. The molecular weight excluding hydrogens is 144 g/mol. The van der Waals surface area contributed by atoms with Crippen LogP contribution in [0, 0.1) is 0 Å². The average Bonchev–Trinajstić information content (AvgIpc) is 2.02. The van der Waals surface area contributed by atoms with Crippen molar-refractivity contribution < 1.29 is 9.59 Å². The van der Waals surface area contributed by atoms with Crippen LogP contribution in [0.1, 0.15) is 20.8 Å². The molecule has 0 atom stereocenters. The second kappa shape index (κ2) is 11.7. The van der Waals surface area contributed by atoms with E-state index in [0.29, 0.717) is 19.5 Å². The second-order valence-corrected chi connectivity index (χ2v) is 1.55. The maximum absolute atomic E-state index is 10.2. The van der Waals surface area contributed by atoms with Crippen LogP contribution in [0.3, 0.4) is 0 Å². The summed E-state index contributed by atoms with van der Waals surface area (Å²) >= 11 is 0. The molecule has 0 aliphatic heterocycles. The van der Waals surface area contributed by atoms with Crippen LogP contribution in [0.5, 0.6) is 0 Å². The second-order valence-electron chi connectivity index (χ2n) is 1.55. The quantitative estimate of drug-likeness (QED) is 0.445. The number of carbonyl (C=O) groups is 2. The number of hydrogen-bond donors (Lipinski definition) is 2. The number of amides is 2. The van der Waals surface area contributed by atoms with Crippen LogP contribution in [-0.2, 0) is 9.59 Å². The molecule has 0 aromatic heterocycles. The molecule has 0 aromatic rings. The summed E-state index contributed by atoms with van der Waals surface area (Å²) in [5.74, 6) is -0.0808. The Morgan fingerprint density at radius 2 is 1.91 bits per heavy atom. The average molecular weight is 160 g/mol. The van der Waals surface area contributed by atoms with E-state index in [1.807, 2.05) is 13.8 Å². The van der Waals surface area contributed by atoms with Crippen molar-refractivity contribution in [2.75, 3.05) is 13.1 Å². The fourth-order valence-electron chi connectivity index (χ4n) is 0.370. The van der Waals surface area contributed by atoms with Crippen LogP contribution in [0.25, 0.3) is 0 Å². The van der Waals surface area contributed by atoms with Crippen LogP contribution in [0.4, 0.5) is 0 Å². The minimum Gasteiger partial charge on any atom is -0.357 e. The van der Waals surface area contributed by atoms with Gasteiger partial charge in [-0.3, -0.25) is 9.59 Å². The van der Waals surface area contributed by atoms with E-state index in [-0.39, 0.29) is 5.91 Å². The Kier molecular flexibility index (Phi) is 13.4. The van der Waals surface area contributed by atoms with Crippen LogP contribution >= 0.6 is 0 Å². The lowest BCUT2D eigenvalue weighted by Crippen LogP contribution is -2.29. The zero-order valence-electron chi connectivity index (χ0n) is 7.31. The van der Waals surface area contributed by atoms with Crippen LogP contribution < -0.4 is 10.6 Å². The largest absolute Gasteiger partial charge is 0.357 e. The summed E-state index contributed by atoms with van der Waals surface area (Å²) in [6.45, 7) is 6.41. The Morgan fingerprint density at radius 3 is 2.27 bits per heavy atom. The summed E-state index contributed by atoms with van der Waals surface area (Å²) < 4.78 is 0. The maximum atomic E-state index is 10.2. The number of nitrogens with one attached hydrogen (secondary N) is 2. The molecule has 0 heterocycles. The zero-order valence-corrected chi connectivity index (χ0v) is 7.31. The lowest BCUT2D eigenvalue weighted by Gasteiger charge is -1.98. The van der Waals surface area contributed by atoms with E-state index in [1.165, 1.54) is 6.92 Å². The Morgan fingerprint density at radius 1 is 1.36 bits per heavy atom. The van der Waals surface area contributed by atoms with Crippen LogP contribution in [0.2, 0.25) is 0 Å². The third-order valence-electron chi connectivity index (χ3n) is 0.727. The van der Waals surface area contributed by atoms with Gasteiger partial charge in [-0.05, 0) is 0 Å². The van der Waals surface area contributed by atoms with Gasteiger partial charge in [-0.25, -0.2) is 0 Å². The van der Waals surface area contributed by atoms with Gasteiger partial charge in [0.05, 0.1) is 0 Å². The number of hydrogen-bond acceptors (Lipinski definition) is 2. The summed E-state index contributed by atoms with van der Waals surface area (Å²) in [5.41, 5.74) is 0. The summed E-state index contributed by atoms with van der Waals surface area (Å²) in [6.07, 6.45) is 0.599. The highest BCUT2D eigenvalue weighted by Crippen LogP contribution is 1.57. The highest BCUT2D eigenvalue weighted by molar-refractivity contribution is 5.72. The topological polar surface area (TPSA) is 58.2 Å². The summed E-state index contributed by atoms with van der Waals surface area (Å²) in [5, 5.41) is 4.93. The van der Waals surface area contributed by atoms with E-state index in [0.717, 1.165) is 0 Å². The Labute approximate surface area is 67.4 Å². The number of rotatable bonds is 4. The first-order chi connectivity index (χ1) is 5.27. The van der Waals surface area contributed by atoms with Crippen molar-refractivity contribution in [2.24, 2.45) is 0 Å². The van der Waals surface area contributed by atoms with Gasteiger partial charge in [-0.2, -0.15) is 0 Å². The van der Waals surface area contributed by atoms with Gasteiger partial charge in [0.2, 0.25) is 12.3 Å². The van der Waals surface area contributed by atoms with Crippen molar-refractivity contribution in [3.8, 4) is 0 Å². The molecule has 4 nitrogen and oxygen atoms in total. The first kappa shape index (κ1) is 12.6. The summed E-state index contributed by atoms with van der Waals surface area (Å²) in [7, 11) is 0.